The molecular formula is C14H7F3N4. The van der Waals surface area contributed by atoms with Crippen molar-refractivity contribution in [2.75, 3.05) is 11.1 Å². The van der Waals surface area contributed by atoms with E-state index in [-0.39, 0.29) is 5.69 Å². The topological polar surface area (TPSA) is 85.6 Å². The summed E-state index contributed by atoms with van der Waals surface area (Å²) < 4.78 is 41.3. The van der Waals surface area contributed by atoms with E-state index in [2.05, 4.69) is 5.32 Å². The van der Waals surface area contributed by atoms with Crippen molar-refractivity contribution in [3.05, 3.63) is 52.8 Å². The third-order valence-electron chi connectivity index (χ3n) is 2.72. The Labute approximate surface area is 117 Å². The van der Waals surface area contributed by atoms with Crippen LogP contribution in [0, 0.1) is 40.1 Å². The minimum Gasteiger partial charge on any atom is -0.399 e. The highest BCUT2D eigenvalue weighted by Gasteiger charge is 2.25. The van der Waals surface area contributed by atoms with Gasteiger partial charge in [-0.25, -0.2) is 13.2 Å². The molecule has 0 radical (unpaired) electrons. The number of halogens is 3. The first-order valence-electron chi connectivity index (χ1n) is 5.62. The minimum atomic E-state index is -1.65. The number of benzene rings is 2. The van der Waals surface area contributed by atoms with E-state index in [1.54, 1.807) is 0 Å². The van der Waals surface area contributed by atoms with E-state index in [0.717, 1.165) is 0 Å². The van der Waals surface area contributed by atoms with Gasteiger partial charge >= 0.3 is 0 Å². The molecule has 0 fully saturated rings. The second-order valence-corrected chi connectivity index (χ2v) is 4.04. The standard InChI is InChI=1S/C14H7F3N4/c15-11-9(5-18)12(16)13(17)14(10(11)6-19)21-8-3-1-7(20)2-4-8/h1-4,21H,20H2. The number of anilines is 3. The molecule has 3 N–H and O–H groups in total. The molecule has 0 aromatic heterocycles. The van der Waals surface area contributed by atoms with E-state index < -0.39 is 34.3 Å². The number of nitrogens with one attached hydrogen (secondary N) is 1. The van der Waals surface area contributed by atoms with Crippen LogP contribution in [0.25, 0.3) is 0 Å². The molecule has 0 spiro atoms. The van der Waals surface area contributed by atoms with Crippen LogP contribution in [0.15, 0.2) is 24.3 Å². The lowest BCUT2D eigenvalue weighted by atomic mass is 10.1. The van der Waals surface area contributed by atoms with E-state index in [4.69, 9.17) is 16.3 Å². The fourth-order valence-corrected chi connectivity index (χ4v) is 1.69. The Morgan fingerprint density at radius 3 is 1.95 bits per heavy atom. The number of rotatable bonds is 2. The van der Waals surface area contributed by atoms with E-state index in [0.29, 0.717) is 5.69 Å². The highest BCUT2D eigenvalue weighted by molar-refractivity contribution is 5.70. The van der Waals surface area contributed by atoms with Crippen LogP contribution < -0.4 is 11.1 Å². The van der Waals surface area contributed by atoms with Gasteiger partial charge < -0.3 is 11.1 Å². The Morgan fingerprint density at radius 1 is 0.857 bits per heavy atom. The second-order valence-electron chi connectivity index (χ2n) is 4.04. The zero-order valence-corrected chi connectivity index (χ0v) is 10.4. The number of nitrogens with zero attached hydrogens (tertiary/aromatic N) is 2. The largest absolute Gasteiger partial charge is 0.399 e. The van der Waals surface area contributed by atoms with Gasteiger partial charge in [0.05, 0.1) is 5.69 Å². The molecule has 0 unspecified atom stereocenters. The molecule has 0 aliphatic heterocycles. The molecule has 2 rings (SSSR count). The zero-order chi connectivity index (χ0) is 15.6. The summed E-state index contributed by atoms with van der Waals surface area (Å²) in [7, 11) is 0. The molecule has 0 atom stereocenters. The van der Waals surface area contributed by atoms with Crippen molar-refractivity contribution in [2.24, 2.45) is 0 Å². The fraction of sp³-hybridized carbons (Fsp3) is 0. The quantitative estimate of drug-likeness (QED) is 0.656. The lowest BCUT2D eigenvalue weighted by molar-refractivity contribution is 0.493. The molecule has 0 saturated heterocycles. The van der Waals surface area contributed by atoms with E-state index in [1.165, 1.54) is 36.4 Å². The summed E-state index contributed by atoms with van der Waals surface area (Å²) in [6.45, 7) is 0. The first kappa shape index (κ1) is 14.2. The predicted molar refractivity (Wildman–Crippen MR) is 69.9 cm³/mol. The Balaban J connectivity index is 2.61. The normalized spacial score (nSPS) is 9.76. The van der Waals surface area contributed by atoms with Crippen molar-refractivity contribution in [3.63, 3.8) is 0 Å². The van der Waals surface area contributed by atoms with Gasteiger partial charge in [0.2, 0.25) is 0 Å². The van der Waals surface area contributed by atoms with Gasteiger partial charge in [-0.1, -0.05) is 0 Å². The van der Waals surface area contributed by atoms with Crippen molar-refractivity contribution in [1.29, 1.82) is 10.5 Å². The maximum Gasteiger partial charge on any atom is 0.185 e. The van der Waals surface area contributed by atoms with E-state index >= 15 is 0 Å². The van der Waals surface area contributed by atoms with Gasteiger partial charge in [-0.05, 0) is 24.3 Å². The Hall–Kier alpha value is -3.19. The third-order valence-corrected chi connectivity index (χ3v) is 2.72. The first-order chi connectivity index (χ1) is 9.99. The van der Waals surface area contributed by atoms with Gasteiger partial charge in [0.15, 0.2) is 17.5 Å². The highest BCUT2D eigenvalue weighted by Crippen LogP contribution is 2.31. The first-order valence-corrected chi connectivity index (χ1v) is 5.62. The van der Waals surface area contributed by atoms with Crippen LogP contribution >= 0.6 is 0 Å². The summed E-state index contributed by atoms with van der Waals surface area (Å²) in [5.74, 6) is -4.55. The Morgan fingerprint density at radius 2 is 1.43 bits per heavy atom. The number of nitrogen functional groups attached to an aromatic ring is 1. The number of hydrogen-bond donors (Lipinski definition) is 2. The summed E-state index contributed by atoms with van der Waals surface area (Å²) in [4.78, 5) is 0. The molecule has 0 bridgehead atoms. The van der Waals surface area contributed by atoms with Crippen LogP contribution in [0.2, 0.25) is 0 Å². The minimum absolute atomic E-state index is 0.281. The molecule has 2 aromatic carbocycles. The second kappa shape index (κ2) is 5.43. The van der Waals surface area contributed by atoms with Gasteiger partial charge in [0, 0.05) is 11.4 Å². The van der Waals surface area contributed by atoms with Crippen molar-refractivity contribution in [1.82, 2.24) is 0 Å². The molecule has 21 heavy (non-hydrogen) atoms. The van der Waals surface area contributed by atoms with Gasteiger partial charge in [0.1, 0.15) is 23.3 Å². The summed E-state index contributed by atoms with van der Waals surface area (Å²) in [5.41, 5.74) is 3.63. The molecule has 0 aliphatic carbocycles. The molecule has 104 valence electrons. The monoisotopic (exact) mass is 288 g/mol. The molecule has 7 heteroatoms. The smallest absolute Gasteiger partial charge is 0.185 e. The lowest BCUT2D eigenvalue weighted by Crippen LogP contribution is -2.06. The van der Waals surface area contributed by atoms with Crippen molar-refractivity contribution in [3.8, 4) is 12.1 Å². The molecule has 0 saturated carbocycles. The number of nitriles is 2. The maximum absolute atomic E-state index is 13.9. The summed E-state index contributed by atoms with van der Waals surface area (Å²) in [6, 6.07) is 8.48. The van der Waals surface area contributed by atoms with Crippen LogP contribution in [0.4, 0.5) is 30.2 Å². The summed E-state index contributed by atoms with van der Waals surface area (Å²) in [6.07, 6.45) is 0. The molecule has 0 heterocycles. The third kappa shape index (κ3) is 2.45. The van der Waals surface area contributed by atoms with Crippen molar-refractivity contribution >= 4 is 17.1 Å². The summed E-state index contributed by atoms with van der Waals surface area (Å²) in [5, 5.41) is 19.9. The number of nitrogens with two attached hydrogens (primary N) is 1. The lowest BCUT2D eigenvalue weighted by Gasteiger charge is -2.12. The molecular weight excluding hydrogens is 281 g/mol. The molecule has 2 aromatic rings. The van der Waals surface area contributed by atoms with E-state index in [1.807, 2.05) is 0 Å². The van der Waals surface area contributed by atoms with Crippen LogP contribution in [0.1, 0.15) is 11.1 Å². The maximum atomic E-state index is 13.9. The van der Waals surface area contributed by atoms with Gasteiger partial charge in [0.25, 0.3) is 0 Å². The van der Waals surface area contributed by atoms with Gasteiger partial charge in [-0.3, -0.25) is 0 Å². The average Bonchev–Trinajstić information content (AvgIpc) is 2.47. The van der Waals surface area contributed by atoms with Crippen LogP contribution in [-0.2, 0) is 0 Å². The average molecular weight is 288 g/mol. The van der Waals surface area contributed by atoms with Crippen LogP contribution in [0.3, 0.4) is 0 Å². The number of hydrogen-bond acceptors (Lipinski definition) is 4. The zero-order valence-electron chi connectivity index (χ0n) is 10.4. The van der Waals surface area contributed by atoms with Gasteiger partial charge in [-0.15, -0.1) is 0 Å². The SMILES string of the molecule is N#Cc1c(F)c(F)c(Nc2ccc(N)cc2)c(C#N)c1F. The highest BCUT2D eigenvalue weighted by atomic mass is 19.2. The van der Waals surface area contributed by atoms with Crippen molar-refractivity contribution < 1.29 is 13.2 Å². The van der Waals surface area contributed by atoms with Crippen LogP contribution in [0.5, 0.6) is 0 Å². The fourth-order valence-electron chi connectivity index (χ4n) is 1.69. The van der Waals surface area contributed by atoms with Gasteiger partial charge in [-0.2, -0.15) is 10.5 Å². The molecule has 0 amide bonds. The molecule has 0 aliphatic rings. The Kier molecular flexibility index (Phi) is 3.68. The predicted octanol–water partition coefficient (Wildman–Crippen LogP) is 3.17. The van der Waals surface area contributed by atoms with Crippen LogP contribution in [-0.4, -0.2) is 0 Å². The summed E-state index contributed by atoms with van der Waals surface area (Å²) >= 11 is 0. The van der Waals surface area contributed by atoms with E-state index in [9.17, 15) is 13.2 Å². The molecule has 4 nitrogen and oxygen atoms in total. The Bertz CT molecular complexity index is 786. The van der Waals surface area contributed by atoms with Crippen molar-refractivity contribution in [2.45, 2.75) is 0 Å².